The van der Waals surface area contributed by atoms with Gasteiger partial charge >= 0.3 is 5.97 Å². The van der Waals surface area contributed by atoms with Gasteiger partial charge in [-0.05, 0) is 56.3 Å². The lowest BCUT2D eigenvalue weighted by Crippen LogP contribution is -2.28. The van der Waals surface area contributed by atoms with E-state index < -0.39 is 16.5 Å². The van der Waals surface area contributed by atoms with Crippen molar-refractivity contribution in [2.45, 2.75) is 63.8 Å². The number of carbonyl (C=O) groups is 1. The van der Waals surface area contributed by atoms with Gasteiger partial charge < -0.3 is 14.4 Å². The van der Waals surface area contributed by atoms with Gasteiger partial charge in [0.25, 0.3) is 5.09 Å². The van der Waals surface area contributed by atoms with E-state index in [4.69, 9.17) is 26.2 Å². The number of thioether (sulfide) groups is 1. The van der Waals surface area contributed by atoms with Crippen LogP contribution in [0.2, 0.25) is 5.02 Å². The van der Waals surface area contributed by atoms with Crippen LogP contribution in [0.5, 0.6) is 11.5 Å². The summed E-state index contributed by atoms with van der Waals surface area (Å²) in [6, 6.07) is 22.4. The van der Waals surface area contributed by atoms with E-state index >= 15 is 0 Å². The van der Waals surface area contributed by atoms with Crippen LogP contribution in [0.1, 0.15) is 51.6 Å². The van der Waals surface area contributed by atoms with E-state index in [0.29, 0.717) is 16.3 Å². The predicted molar refractivity (Wildman–Crippen MR) is 177 cm³/mol. The lowest BCUT2D eigenvalue weighted by molar-refractivity contribution is -0.711. The molecule has 0 unspecified atom stereocenters. The number of ether oxygens (including phenoxy) is 1. The predicted octanol–water partition coefficient (Wildman–Crippen LogP) is 8.58. The third-order valence-corrected chi connectivity index (χ3v) is 8.77. The summed E-state index contributed by atoms with van der Waals surface area (Å²) in [6.45, 7) is 10.1. The lowest BCUT2D eigenvalue weighted by atomic mass is 9.88. The maximum atomic E-state index is 12.3. The minimum absolute atomic E-state index is 0.0191. The number of rotatable bonds is 11. The Balaban J connectivity index is 1.62. The van der Waals surface area contributed by atoms with Gasteiger partial charge in [-0.25, -0.2) is 4.98 Å². The highest BCUT2D eigenvalue weighted by molar-refractivity contribution is 8.00. The number of pyridine rings is 1. The number of hydrogen-bond donors (Lipinski definition) is 1. The highest BCUT2D eigenvalue weighted by Crippen LogP contribution is 2.44. The molecule has 0 bridgehead atoms. The average molecular weight is 648 g/mol. The highest BCUT2D eigenvalue weighted by Gasteiger charge is 2.33. The summed E-state index contributed by atoms with van der Waals surface area (Å²) in [5.74, 6) is -0.272. The first-order valence-electron chi connectivity index (χ1n) is 14.4. The van der Waals surface area contributed by atoms with Gasteiger partial charge in [-0.1, -0.05) is 62.7 Å². The number of aromatic nitrogens is 2. The number of para-hydroxylation sites is 1. The van der Waals surface area contributed by atoms with Crippen molar-refractivity contribution in [1.29, 1.82) is 0 Å². The monoisotopic (exact) mass is 647 g/mol. The minimum Gasteiger partial charge on any atom is -0.487 e. The van der Waals surface area contributed by atoms with Crippen LogP contribution in [0.4, 0.5) is 0 Å². The summed E-state index contributed by atoms with van der Waals surface area (Å²) < 4.78 is 8.03. The summed E-state index contributed by atoms with van der Waals surface area (Å²) in [6.07, 6.45) is 0.214. The molecule has 0 spiro atoms. The zero-order valence-electron chi connectivity index (χ0n) is 25.7. The largest absolute Gasteiger partial charge is 0.487 e. The summed E-state index contributed by atoms with van der Waals surface area (Å²) >= 11 is 7.79. The zero-order chi connectivity index (χ0) is 32.5. The van der Waals surface area contributed by atoms with Crippen molar-refractivity contribution in [2.75, 3.05) is 0 Å². The van der Waals surface area contributed by atoms with Crippen molar-refractivity contribution in [3.63, 3.8) is 0 Å². The van der Waals surface area contributed by atoms with E-state index in [2.05, 4.69) is 20.8 Å². The maximum Gasteiger partial charge on any atom is 0.309 e. The third-order valence-electron chi connectivity index (χ3n) is 7.26. The third kappa shape index (κ3) is 7.51. The van der Waals surface area contributed by atoms with E-state index in [1.54, 1.807) is 37.7 Å². The molecule has 0 amide bonds. The van der Waals surface area contributed by atoms with Gasteiger partial charge in [0.1, 0.15) is 18.1 Å². The van der Waals surface area contributed by atoms with Crippen molar-refractivity contribution in [3.8, 4) is 11.5 Å². The molecule has 2 aromatic heterocycles. The Morgan fingerprint density at radius 2 is 1.80 bits per heavy atom. The maximum absolute atomic E-state index is 12.3. The first-order chi connectivity index (χ1) is 21.2. The van der Waals surface area contributed by atoms with Gasteiger partial charge in [0, 0.05) is 48.6 Å². The quantitative estimate of drug-likeness (QED) is 0.0860. The van der Waals surface area contributed by atoms with Crippen LogP contribution in [0.3, 0.4) is 0 Å². The van der Waals surface area contributed by atoms with Gasteiger partial charge in [0.2, 0.25) is 0 Å². The zero-order valence-corrected chi connectivity index (χ0v) is 27.2. The van der Waals surface area contributed by atoms with E-state index in [1.807, 2.05) is 59.2 Å². The molecule has 0 radical (unpaired) electrons. The molecule has 0 aliphatic rings. The van der Waals surface area contributed by atoms with Crippen LogP contribution < -0.4 is 9.57 Å². The smallest absolute Gasteiger partial charge is 0.309 e. The van der Waals surface area contributed by atoms with Gasteiger partial charge in [-0.3, -0.25) is 9.63 Å². The first kappa shape index (κ1) is 32.1. The summed E-state index contributed by atoms with van der Waals surface area (Å²) in [5.41, 5.74) is 2.74. The second kappa shape index (κ2) is 12.6. The standard InChI is InChI=1S/C34H34ClN3O6S/c1-33(2,3)45-31-26-17-25(43-20-24-13-11-21-8-6-7-9-27(21)36-24)14-15-28(26)37(29(31)18-34(4,5)32(39)40)19-22-10-12-23(35)16-30(22)44-38(41)42/h6-17H,18-20H2,1-5H3,(H,39,40). The normalized spacial score (nSPS) is 12.0. The minimum atomic E-state index is -1.10. The van der Waals surface area contributed by atoms with E-state index in [0.717, 1.165) is 38.1 Å². The number of nitrogens with zero attached hydrogens (tertiary/aromatic N) is 3. The molecule has 0 aliphatic heterocycles. The number of hydrogen-bond acceptors (Lipinski definition) is 7. The Kier molecular flexibility index (Phi) is 9.00. The van der Waals surface area contributed by atoms with Crippen molar-refractivity contribution in [2.24, 2.45) is 5.41 Å². The summed E-state index contributed by atoms with van der Waals surface area (Å²) in [7, 11) is 0. The summed E-state index contributed by atoms with van der Waals surface area (Å²) in [5, 5.41) is 22.8. The number of carboxylic acid groups (broad SMARTS) is 1. The number of fused-ring (bicyclic) bond motifs is 2. The average Bonchev–Trinajstić information content (AvgIpc) is 3.22. The van der Waals surface area contributed by atoms with Gasteiger partial charge in [0.15, 0.2) is 0 Å². The molecule has 0 saturated carbocycles. The molecule has 11 heteroatoms. The fourth-order valence-corrected chi connectivity index (χ4v) is 6.40. The van der Waals surface area contributed by atoms with Crippen molar-refractivity contribution < 1.29 is 24.6 Å². The topological polar surface area (TPSA) is 117 Å². The van der Waals surface area contributed by atoms with Crippen LogP contribution in [0.15, 0.2) is 77.7 Å². The van der Waals surface area contributed by atoms with Gasteiger partial charge in [0.05, 0.1) is 23.2 Å². The highest BCUT2D eigenvalue weighted by atomic mass is 35.5. The molecule has 0 fully saturated rings. The molecule has 9 nitrogen and oxygen atoms in total. The van der Waals surface area contributed by atoms with E-state index in [1.165, 1.54) is 6.07 Å². The second-order valence-corrected chi connectivity index (χ2v) is 14.7. The van der Waals surface area contributed by atoms with Gasteiger partial charge in [-0.15, -0.1) is 21.9 Å². The number of aliphatic carboxylic acids is 1. The SMILES string of the molecule is CC(C)(C)Sc1c(CC(C)(C)C(=O)O)n(Cc2ccc(Cl)cc2O[N+](=O)[O-])c2ccc(OCc3ccc4ccccc4n3)cc12. The van der Waals surface area contributed by atoms with Crippen molar-refractivity contribution in [1.82, 2.24) is 9.55 Å². The van der Waals surface area contributed by atoms with E-state index in [-0.39, 0.29) is 30.1 Å². The lowest BCUT2D eigenvalue weighted by Gasteiger charge is -2.24. The molecule has 5 rings (SSSR count). The first-order valence-corrected chi connectivity index (χ1v) is 15.6. The van der Waals surface area contributed by atoms with Crippen LogP contribution >= 0.6 is 23.4 Å². The number of carboxylic acids is 1. The molecule has 0 saturated heterocycles. The Labute approximate surface area is 270 Å². The fraction of sp³-hybridized carbons (Fsp3) is 0.294. The molecule has 1 N–H and O–H groups in total. The Bertz CT molecular complexity index is 1910. The molecule has 0 atom stereocenters. The molecule has 45 heavy (non-hydrogen) atoms. The molecule has 5 aromatic rings. The van der Waals surface area contributed by atoms with Crippen LogP contribution in [0.25, 0.3) is 21.8 Å². The molecular formula is C34H34ClN3O6S. The fourth-order valence-electron chi connectivity index (χ4n) is 5.06. The summed E-state index contributed by atoms with van der Waals surface area (Å²) in [4.78, 5) is 34.2. The van der Waals surface area contributed by atoms with E-state index in [9.17, 15) is 20.0 Å². The Morgan fingerprint density at radius 1 is 1.04 bits per heavy atom. The Hall–Kier alpha value is -4.28. The van der Waals surface area contributed by atoms with Crippen molar-refractivity contribution >= 4 is 51.1 Å². The van der Waals surface area contributed by atoms with Crippen molar-refractivity contribution in [3.05, 3.63) is 105 Å². The van der Waals surface area contributed by atoms with Crippen LogP contribution in [0, 0.1) is 15.5 Å². The molecule has 2 heterocycles. The molecule has 3 aromatic carbocycles. The molecule has 0 aliphatic carbocycles. The number of benzene rings is 3. The Morgan fingerprint density at radius 3 is 2.51 bits per heavy atom. The van der Waals surface area contributed by atoms with Crippen LogP contribution in [-0.2, 0) is 24.4 Å². The second-order valence-electron chi connectivity index (χ2n) is 12.5. The number of halogens is 1. The van der Waals surface area contributed by atoms with Crippen LogP contribution in [-0.4, -0.2) is 30.5 Å². The van der Waals surface area contributed by atoms with Gasteiger partial charge in [-0.2, -0.15) is 0 Å². The molecule has 234 valence electrons. The molecular weight excluding hydrogens is 614 g/mol.